The summed E-state index contributed by atoms with van der Waals surface area (Å²) in [6.45, 7) is 9.42. The number of fused-ring (bicyclic) bond motifs is 13. The van der Waals surface area contributed by atoms with Gasteiger partial charge in [-0.05, 0) is 115 Å². The van der Waals surface area contributed by atoms with Gasteiger partial charge in [-0.25, -0.2) is 0 Å². The largest absolute Gasteiger partial charge is 0.456 e. The maximum Gasteiger partial charge on any atom is 0.144 e. The second kappa shape index (κ2) is 12.1. The number of para-hydroxylation sites is 1. The third-order valence-corrected chi connectivity index (χ3v) is 14.0. The zero-order valence-electron chi connectivity index (χ0n) is 34.5. The summed E-state index contributed by atoms with van der Waals surface area (Å²) in [5.74, 6) is 0. The molecular formula is C58H41NO2. The first-order valence-electron chi connectivity index (χ1n) is 21.3. The molecule has 0 amide bonds. The van der Waals surface area contributed by atoms with Gasteiger partial charge < -0.3 is 13.7 Å². The fraction of sp³-hybridized carbons (Fsp3) is 0.103. The number of hydrogen-bond acceptors (Lipinski definition) is 3. The molecule has 0 spiro atoms. The highest BCUT2D eigenvalue weighted by atomic mass is 16.3. The van der Waals surface area contributed by atoms with E-state index in [1.54, 1.807) is 0 Å². The standard InChI is InChI=1S/C58H41NO2/c1-57(2)47-18-10-7-15-40(47)42-26-23-37(30-49(42)57)59(38-24-27-43-41-16-8-11-19-48(41)58(3,4)50(43)31-38)39-25-28-44-46-33-53-55(45-17-9-12-20-51(45)60-53)54(56(46)61-52(44)32-39)36-22-21-34-13-5-6-14-35(34)29-36/h5-33H,1-4H3. The van der Waals surface area contributed by atoms with Crippen molar-refractivity contribution in [1.29, 1.82) is 0 Å². The summed E-state index contributed by atoms with van der Waals surface area (Å²) >= 11 is 0. The molecule has 2 aliphatic rings. The highest BCUT2D eigenvalue weighted by molar-refractivity contribution is 6.24. The van der Waals surface area contributed by atoms with E-state index < -0.39 is 0 Å². The van der Waals surface area contributed by atoms with Crippen molar-refractivity contribution in [3.8, 4) is 33.4 Å². The van der Waals surface area contributed by atoms with Gasteiger partial charge in [0.2, 0.25) is 0 Å². The van der Waals surface area contributed by atoms with E-state index >= 15 is 0 Å². The molecule has 0 fully saturated rings. The summed E-state index contributed by atoms with van der Waals surface area (Å²) < 4.78 is 13.8. The van der Waals surface area contributed by atoms with E-state index in [1.165, 1.54) is 55.3 Å². The van der Waals surface area contributed by atoms with Crippen LogP contribution in [-0.4, -0.2) is 0 Å². The summed E-state index contributed by atoms with van der Waals surface area (Å²) in [7, 11) is 0. The molecule has 9 aromatic carbocycles. The molecule has 0 unspecified atom stereocenters. The summed E-state index contributed by atoms with van der Waals surface area (Å²) in [5, 5.41) is 6.64. The van der Waals surface area contributed by atoms with Crippen LogP contribution in [0.2, 0.25) is 0 Å². The molecule has 2 heterocycles. The Morgan fingerprint density at radius 1 is 0.377 bits per heavy atom. The molecule has 0 saturated carbocycles. The van der Waals surface area contributed by atoms with Gasteiger partial charge in [0.1, 0.15) is 22.3 Å². The Balaban J connectivity index is 1.05. The minimum atomic E-state index is -0.141. The van der Waals surface area contributed by atoms with E-state index in [0.717, 1.165) is 72.1 Å². The fourth-order valence-corrected chi connectivity index (χ4v) is 11.0. The van der Waals surface area contributed by atoms with E-state index in [9.17, 15) is 0 Å². The molecule has 2 aliphatic carbocycles. The normalized spacial score (nSPS) is 14.5. The van der Waals surface area contributed by atoms with Crippen molar-refractivity contribution < 1.29 is 8.83 Å². The van der Waals surface area contributed by atoms with Gasteiger partial charge in [0, 0.05) is 61.1 Å². The lowest BCUT2D eigenvalue weighted by Gasteiger charge is -2.29. The lowest BCUT2D eigenvalue weighted by atomic mass is 9.82. The SMILES string of the molecule is CC1(C)c2ccccc2-c2ccc(N(c3ccc4c(c3)C(C)(C)c3ccccc3-4)c3ccc4c(c3)oc3c(-c5ccc6ccccc6c5)c5c(cc34)oc3ccccc35)cc21. The molecule has 3 nitrogen and oxygen atoms in total. The van der Waals surface area contributed by atoms with Gasteiger partial charge in [0.15, 0.2) is 0 Å². The van der Waals surface area contributed by atoms with Gasteiger partial charge in [-0.2, -0.15) is 0 Å². The van der Waals surface area contributed by atoms with Crippen molar-refractivity contribution in [2.24, 2.45) is 0 Å². The van der Waals surface area contributed by atoms with E-state index in [2.05, 4.69) is 202 Å². The van der Waals surface area contributed by atoms with Crippen LogP contribution >= 0.6 is 0 Å². The molecule has 290 valence electrons. The van der Waals surface area contributed by atoms with Crippen LogP contribution in [0.1, 0.15) is 49.9 Å². The molecule has 61 heavy (non-hydrogen) atoms. The second-order valence-corrected chi connectivity index (χ2v) is 18.1. The third-order valence-electron chi connectivity index (χ3n) is 14.0. The predicted octanol–water partition coefficient (Wildman–Crippen LogP) is 16.4. The van der Waals surface area contributed by atoms with Gasteiger partial charge in [-0.15, -0.1) is 0 Å². The highest BCUT2D eigenvalue weighted by Gasteiger charge is 2.38. The maximum absolute atomic E-state index is 7.17. The first-order valence-corrected chi connectivity index (χ1v) is 21.3. The number of benzene rings is 9. The molecule has 0 N–H and O–H groups in total. The van der Waals surface area contributed by atoms with Crippen LogP contribution in [0.15, 0.2) is 185 Å². The quantitative estimate of drug-likeness (QED) is 0.178. The van der Waals surface area contributed by atoms with E-state index in [4.69, 9.17) is 8.83 Å². The van der Waals surface area contributed by atoms with Gasteiger partial charge in [-0.3, -0.25) is 0 Å². The predicted molar refractivity (Wildman–Crippen MR) is 254 cm³/mol. The average Bonchev–Trinajstić information content (AvgIpc) is 3.98. The molecule has 0 aliphatic heterocycles. The smallest absolute Gasteiger partial charge is 0.144 e. The molecule has 3 heteroatoms. The molecule has 13 rings (SSSR count). The van der Waals surface area contributed by atoms with Crippen LogP contribution in [0.5, 0.6) is 0 Å². The summed E-state index contributed by atoms with van der Waals surface area (Å²) in [6.07, 6.45) is 0. The summed E-state index contributed by atoms with van der Waals surface area (Å²) in [4.78, 5) is 2.43. The second-order valence-electron chi connectivity index (χ2n) is 18.1. The fourth-order valence-electron chi connectivity index (χ4n) is 11.0. The molecular weight excluding hydrogens is 743 g/mol. The number of nitrogens with zero attached hydrogens (tertiary/aromatic N) is 1. The number of rotatable bonds is 4. The van der Waals surface area contributed by atoms with Crippen molar-refractivity contribution >= 4 is 71.7 Å². The monoisotopic (exact) mass is 783 g/mol. The van der Waals surface area contributed by atoms with Crippen molar-refractivity contribution in [2.75, 3.05) is 4.90 Å². The number of hydrogen-bond donors (Lipinski definition) is 0. The lowest BCUT2D eigenvalue weighted by Crippen LogP contribution is -2.18. The lowest BCUT2D eigenvalue weighted by molar-refractivity contribution is 0.660. The molecule has 2 aromatic heterocycles. The summed E-state index contributed by atoms with van der Waals surface area (Å²) in [5.41, 5.74) is 19.2. The van der Waals surface area contributed by atoms with Gasteiger partial charge in [0.25, 0.3) is 0 Å². The average molecular weight is 784 g/mol. The van der Waals surface area contributed by atoms with Crippen molar-refractivity contribution in [2.45, 2.75) is 38.5 Å². The van der Waals surface area contributed by atoms with Crippen LogP contribution in [0.4, 0.5) is 17.1 Å². The third kappa shape index (κ3) is 4.75. The minimum Gasteiger partial charge on any atom is -0.456 e. The van der Waals surface area contributed by atoms with E-state index in [0.29, 0.717) is 0 Å². The van der Waals surface area contributed by atoms with Crippen molar-refractivity contribution in [3.63, 3.8) is 0 Å². The van der Waals surface area contributed by atoms with Gasteiger partial charge in [-0.1, -0.05) is 143 Å². The Morgan fingerprint density at radius 3 is 1.66 bits per heavy atom. The van der Waals surface area contributed by atoms with Gasteiger partial charge in [0.05, 0.1) is 0 Å². The maximum atomic E-state index is 7.17. The zero-order chi connectivity index (χ0) is 40.8. The Hall–Kier alpha value is -7.36. The van der Waals surface area contributed by atoms with Gasteiger partial charge >= 0.3 is 0 Å². The van der Waals surface area contributed by atoms with Crippen LogP contribution < -0.4 is 4.90 Å². The molecule has 11 aromatic rings. The Kier molecular flexibility index (Phi) is 6.85. The first-order chi connectivity index (χ1) is 29.7. The summed E-state index contributed by atoms with van der Waals surface area (Å²) in [6, 6.07) is 64.3. The number of anilines is 3. The minimum absolute atomic E-state index is 0.141. The Bertz CT molecular complexity index is 3560. The number of furan rings is 2. The van der Waals surface area contributed by atoms with Crippen LogP contribution in [0.3, 0.4) is 0 Å². The molecule has 0 saturated heterocycles. The topological polar surface area (TPSA) is 29.5 Å². The van der Waals surface area contributed by atoms with Crippen molar-refractivity contribution in [3.05, 3.63) is 198 Å². The van der Waals surface area contributed by atoms with Crippen molar-refractivity contribution in [1.82, 2.24) is 0 Å². The zero-order valence-corrected chi connectivity index (χ0v) is 34.5. The van der Waals surface area contributed by atoms with Crippen LogP contribution in [-0.2, 0) is 10.8 Å². The van der Waals surface area contributed by atoms with Crippen LogP contribution in [0, 0.1) is 0 Å². The Morgan fingerprint density at radius 2 is 0.951 bits per heavy atom. The molecule has 0 bridgehead atoms. The highest BCUT2D eigenvalue weighted by Crippen LogP contribution is 2.54. The van der Waals surface area contributed by atoms with Crippen LogP contribution in [0.25, 0.3) is 88.0 Å². The molecule has 0 atom stereocenters. The Labute approximate surface area is 354 Å². The molecule has 0 radical (unpaired) electrons. The van der Waals surface area contributed by atoms with E-state index in [1.807, 2.05) is 6.07 Å². The van der Waals surface area contributed by atoms with E-state index in [-0.39, 0.29) is 10.8 Å². The first kappa shape index (κ1) is 34.5.